The number of benzene rings is 1. The van der Waals surface area contributed by atoms with Crippen molar-refractivity contribution in [3.8, 4) is 0 Å². The molecule has 0 bridgehead atoms. The molecule has 0 aliphatic carbocycles. The van der Waals surface area contributed by atoms with Crippen LogP contribution in [0.15, 0.2) is 36.9 Å². The Hall–Kier alpha value is -1.47. The summed E-state index contributed by atoms with van der Waals surface area (Å²) >= 11 is 6.49. The van der Waals surface area contributed by atoms with Crippen LogP contribution in [0.2, 0.25) is 0 Å². The van der Waals surface area contributed by atoms with Crippen LogP contribution in [0.4, 0.5) is 8.78 Å². The molecule has 1 aromatic heterocycles. The Kier molecular flexibility index (Phi) is 6.98. The number of halogens is 2. The Morgan fingerprint density at radius 3 is 2.91 bits per heavy atom. The van der Waals surface area contributed by atoms with Crippen LogP contribution in [-0.4, -0.2) is 20.5 Å². The first-order valence-corrected chi connectivity index (χ1v) is 8.63. The van der Waals surface area contributed by atoms with E-state index in [1.165, 1.54) is 23.9 Å². The molecule has 2 aromatic rings. The molecule has 1 unspecified atom stereocenters. The molecule has 7 heteroatoms. The van der Waals surface area contributed by atoms with Crippen molar-refractivity contribution in [3.05, 3.63) is 54.1 Å². The second-order valence-corrected chi connectivity index (χ2v) is 6.79. The highest BCUT2D eigenvalue weighted by Gasteiger charge is 2.20. The lowest BCUT2D eigenvalue weighted by Gasteiger charge is -2.18. The van der Waals surface area contributed by atoms with Crippen LogP contribution in [0.3, 0.4) is 0 Å². The van der Waals surface area contributed by atoms with Crippen LogP contribution in [0.1, 0.15) is 30.6 Å². The molecule has 2 rings (SSSR count). The zero-order valence-corrected chi connectivity index (χ0v) is 14.4. The Balaban J connectivity index is 2.12. The quantitative estimate of drug-likeness (QED) is 0.529. The smallest absolute Gasteiger partial charge is 0.220 e. The van der Waals surface area contributed by atoms with Crippen molar-refractivity contribution in [3.63, 3.8) is 0 Å². The van der Waals surface area contributed by atoms with Gasteiger partial charge in [0.2, 0.25) is 4.38 Å². The lowest BCUT2D eigenvalue weighted by molar-refractivity contribution is 0.313. The van der Waals surface area contributed by atoms with Crippen molar-refractivity contribution in [2.45, 2.75) is 31.6 Å². The molecular weight excluding hydrogens is 338 g/mol. The van der Waals surface area contributed by atoms with Crippen LogP contribution < -0.4 is 0 Å². The number of aromatic nitrogens is 2. The van der Waals surface area contributed by atoms with E-state index in [0.717, 1.165) is 18.9 Å². The maximum Gasteiger partial charge on any atom is 0.220 e. The minimum atomic E-state index is -0.598. The largest absolute Gasteiger partial charge is 0.479 e. The van der Waals surface area contributed by atoms with Crippen LogP contribution in [0.25, 0.3) is 0 Å². The fraction of sp³-hybridized carbons (Fsp3) is 0.375. The van der Waals surface area contributed by atoms with Gasteiger partial charge >= 0.3 is 0 Å². The molecule has 0 saturated carbocycles. The van der Waals surface area contributed by atoms with Crippen molar-refractivity contribution in [1.82, 2.24) is 9.55 Å². The molecular formula is C16H18F2N2OS2. The first kappa shape index (κ1) is 17.9. The minimum absolute atomic E-state index is 0.320. The molecule has 0 saturated heterocycles. The van der Waals surface area contributed by atoms with Crippen molar-refractivity contribution in [1.29, 1.82) is 0 Å². The normalized spacial score (nSPS) is 12.1. The SMILES string of the molecule is CCCCOC(=S)SC(Cn1ccnc1)c1ccc(F)cc1F. The van der Waals surface area contributed by atoms with E-state index in [1.54, 1.807) is 18.7 Å². The Labute approximate surface area is 144 Å². The van der Waals surface area contributed by atoms with Gasteiger partial charge < -0.3 is 9.30 Å². The van der Waals surface area contributed by atoms with E-state index in [-0.39, 0.29) is 5.25 Å². The van der Waals surface area contributed by atoms with E-state index in [2.05, 4.69) is 11.9 Å². The molecule has 0 aliphatic rings. The van der Waals surface area contributed by atoms with E-state index in [1.807, 2.05) is 4.57 Å². The molecule has 124 valence electrons. The summed E-state index contributed by atoms with van der Waals surface area (Å²) in [6, 6.07) is 3.59. The van der Waals surface area contributed by atoms with Gasteiger partial charge in [-0.3, -0.25) is 0 Å². The molecule has 1 aromatic carbocycles. The van der Waals surface area contributed by atoms with Crippen molar-refractivity contribution in [2.75, 3.05) is 6.61 Å². The fourth-order valence-electron chi connectivity index (χ4n) is 2.00. The van der Waals surface area contributed by atoms with E-state index in [0.29, 0.717) is 23.1 Å². The number of nitrogens with zero attached hydrogens (tertiary/aromatic N) is 2. The third-order valence-corrected chi connectivity index (χ3v) is 4.61. The Morgan fingerprint density at radius 2 is 2.26 bits per heavy atom. The van der Waals surface area contributed by atoms with Gasteiger partial charge in [0.05, 0.1) is 18.2 Å². The molecule has 1 heterocycles. The molecule has 0 N–H and O–H groups in total. The number of unbranched alkanes of at least 4 members (excludes halogenated alkanes) is 1. The second-order valence-electron chi connectivity index (χ2n) is 4.98. The molecule has 0 radical (unpaired) electrons. The van der Waals surface area contributed by atoms with E-state index >= 15 is 0 Å². The van der Waals surface area contributed by atoms with Crippen LogP contribution in [0, 0.1) is 11.6 Å². The van der Waals surface area contributed by atoms with Crippen molar-refractivity contribution >= 4 is 28.4 Å². The van der Waals surface area contributed by atoms with Gasteiger partial charge in [-0.05, 0) is 24.7 Å². The monoisotopic (exact) mass is 356 g/mol. The van der Waals surface area contributed by atoms with Gasteiger partial charge in [-0.2, -0.15) is 0 Å². The van der Waals surface area contributed by atoms with Crippen molar-refractivity contribution < 1.29 is 13.5 Å². The summed E-state index contributed by atoms with van der Waals surface area (Å²) < 4.78 is 35.0. The number of hydrogen-bond acceptors (Lipinski definition) is 4. The van der Waals surface area contributed by atoms with E-state index < -0.39 is 11.6 Å². The maximum atomic E-state index is 14.1. The molecule has 23 heavy (non-hydrogen) atoms. The third kappa shape index (κ3) is 5.58. The predicted octanol–water partition coefficient (Wildman–Crippen LogP) is 4.74. The number of imidazole rings is 1. The lowest BCUT2D eigenvalue weighted by atomic mass is 10.1. The molecule has 3 nitrogen and oxygen atoms in total. The Morgan fingerprint density at radius 1 is 1.43 bits per heavy atom. The van der Waals surface area contributed by atoms with Gasteiger partial charge in [0.1, 0.15) is 11.6 Å². The number of hydrogen-bond donors (Lipinski definition) is 0. The number of thioether (sulfide) groups is 1. The predicted molar refractivity (Wildman–Crippen MR) is 92.4 cm³/mol. The van der Waals surface area contributed by atoms with Gasteiger partial charge in [-0.1, -0.05) is 31.2 Å². The number of rotatable bonds is 7. The van der Waals surface area contributed by atoms with Gasteiger partial charge in [-0.15, -0.1) is 0 Å². The highest BCUT2D eigenvalue weighted by molar-refractivity contribution is 8.22. The summed E-state index contributed by atoms with van der Waals surface area (Å²) in [5, 5.41) is -0.320. The molecule has 0 spiro atoms. The second kappa shape index (κ2) is 8.98. The summed E-state index contributed by atoms with van der Waals surface area (Å²) in [5.41, 5.74) is 0.395. The summed E-state index contributed by atoms with van der Waals surface area (Å²) in [6.07, 6.45) is 7.01. The van der Waals surface area contributed by atoms with E-state index in [9.17, 15) is 8.78 Å². The highest BCUT2D eigenvalue weighted by Crippen LogP contribution is 2.34. The lowest BCUT2D eigenvalue weighted by Crippen LogP contribution is -2.11. The fourth-order valence-corrected chi connectivity index (χ4v) is 3.38. The molecule has 0 fully saturated rings. The molecule has 1 atom stereocenters. The number of ether oxygens (including phenoxy) is 1. The van der Waals surface area contributed by atoms with Gasteiger partial charge in [0, 0.05) is 30.6 Å². The molecule has 0 aliphatic heterocycles. The van der Waals surface area contributed by atoms with Crippen LogP contribution >= 0.6 is 24.0 Å². The summed E-state index contributed by atoms with van der Waals surface area (Å²) in [7, 11) is 0. The van der Waals surface area contributed by atoms with E-state index in [4.69, 9.17) is 17.0 Å². The zero-order valence-electron chi connectivity index (χ0n) is 12.7. The minimum Gasteiger partial charge on any atom is -0.479 e. The zero-order chi connectivity index (χ0) is 16.7. The first-order chi connectivity index (χ1) is 11.1. The van der Waals surface area contributed by atoms with Crippen LogP contribution in [-0.2, 0) is 11.3 Å². The summed E-state index contributed by atoms with van der Waals surface area (Å²) in [6.45, 7) is 3.08. The average molecular weight is 356 g/mol. The standard InChI is InChI=1S/C16H18F2N2OS2/c1-2-3-8-21-16(22)23-15(10-20-7-6-19-11-20)13-5-4-12(17)9-14(13)18/h4-7,9,11,15H,2-3,8,10H2,1H3. The first-order valence-electron chi connectivity index (χ1n) is 7.34. The molecule has 0 amide bonds. The van der Waals surface area contributed by atoms with Crippen molar-refractivity contribution in [2.24, 2.45) is 0 Å². The summed E-state index contributed by atoms with van der Waals surface area (Å²) in [4.78, 5) is 3.98. The average Bonchev–Trinajstić information content (AvgIpc) is 3.00. The number of thiocarbonyl (C=S) groups is 1. The van der Waals surface area contributed by atoms with Gasteiger partial charge in [-0.25, -0.2) is 13.8 Å². The Bertz CT molecular complexity index is 635. The summed E-state index contributed by atoms with van der Waals surface area (Å²) in [5.74, 6) is -1.18. The third-order valence-electron chi connectivity index (χ3n) is 3.20. The maximum absolute atomic E-state index is 14.1. The topological polar surface area (TPSA) is 27.1 Å². The highest BCUT2D eigenvalue weighted by atomic mass is 32.2. The van der Waals surface area contributed by atoms with Gasteiger partial charge in [0.25, 0.3) is 0 Å². The van der Waals surface area contributed by atoms with Crippen LogP contribution in [0.5, 0.6) is 0 Å². The van der Waals surface area contributed by atoms with Gasteiger partial charge in [0.15, 0.2) is 0 Å².